The van der Waals surface area contributed by atoms with Crippen LogP contribution in [0.4, 0.5) is 0 Å². The van der Waals surface area contributed by atoms with Crippen molar-refractivity contribution in [2.45, 2.75) is 68.9 Å². The number of benzene rings is 2. The molecule has 0 aliphatic heterocycles. The fourth-order valence-electron chi connectivity index (χ4n) is 7.06. The number of carbonyl (C=O) groups is 1. The van der Waals surface area contributed by atoms with Gasteiger partial charge in [0.05, 0.1) is 11.4 Å². The SMILES string of the molecule is CC12CCC3c4ccc(O)cc4CCC3C1CCC2OC(=O)CNCc1cccc(S(N)(=O)=O)c1. The molecule has 2 aromatic rings. The number of hydrogen-bond donors (Lipinski definition) is 3. The highest BCUT2D eigenvalue weighted by molar-refractivity contribution is 7.89. The first kappa shape index (κ1) is 24.3. The lowest BCUT2D eigenvalue weighted by molar-refractivity contribution is -0.156. The maximum absolute atomic E-state index is 12.7. The van der Waals surface area contributed by atoms with Crippen LogP contribution >= 0.6 is 0 Å². The van der Waals surface area contributed by atoms with E-state index in [2.05, 4.69) is 18.3 Å². The number of aromatic hydroxyl groups is 1. The van der Waals surface area contributed by atoms with Gasteiger partial charge in [-0.2, -0.15) is 0 Å². The number of hydrogen-bond acceptors (Lipinski definition) is 6. The second-order valence-electron chi connectivity index (χ2n) is 10.7. The molecule has 3 aliphatic rings. The lowest BCUT2D eigenvalue weighted by atomic mass is 9.55. The maximum Gasteiger partial charge on any atom is 0.320 e. The lowest BCUT2D eigenvalue weighted by Crippen LogP contribution is -2.45. The van der Waals surface area contributed by atoms with Crippen LogP contribution in [0.3, 0.4) is 0 Å². The summed E-state index contributed by atoms with van der Waals surface area (Å²) >= 11 is 0. The predicted octanol–water partition coefficient (Wildman–Crippen LogP) is 3.60. The number of sulfonamides is 1. The Morgan fingerprint density at radius 3 is 2.80 bits per heavy atom. The third-order valence-electron chi connectivity index (χ3n) is 8.72. The largest absolute Gasteiger partial charge is 0.508 e. The smallest absolute Gasteiger partial charge is 0.320 e. The third kappa shape index (κ3) is 4.71. The minimum absolute atomic E-state index is 0.00489. The molecule has 0 aromatic heterocycles. The van der Waals surface area contributed by atoms with Crippen LogP contribution in [0.5, 0.6) is 5.75 Å². The molecule has 188 valence electrons. The number of nitrogens with one attached hydrogen (secondary N) is 1. The monoisotopic (exact) mass is 498 g/mol. The summed E-state index contributed by atoms with van der Waals surface area (Å²) in [6, 6.07) is 12.2. The van der Waals surface area contributed by atoms with Gasteiger partial charge in [0.25, 0.3) is 0 Å². The fourth-order valence-corrected chi connectivity index (χ4v) is 7.64. The van der Waals surface area contributed by atoms with Crippen LogP contribution in [0, 0.1) is 17.3 Å². The molecule has 0 amide bonds. The summed E-state index contributed by atoms with van der Waals surface area (Å²) in [5.74, 6) is 1.74. The van der Waals surface area contributed by atoms with Crippen LogP contribution in [-0.2, 0) is 32.5 Å². The van der Waals surface area contributed by atoms with Crippen molar-refractivity contribution in [2.24, 2.45) is 22.4 Å². The zero-order chi connectivity index (χ0) is 24.8. The quantitative estimate of drug-likeness (QED) is 0.524. The van der Waals surface area contributed by atoms with Crippen LogP contribution in [0.15, 0.2) is 47.4 Å². The maximum atomic E-state index is 12.7. The van der Waals surface area contributed by atoms with E-state index in [0.29, 0.717) is 30.0 Å². The Kier molecular flexibility index (Phi) is 6.40. The first-order valence-electron chi connectivity index (χ1n) is 12.5. The van der Waals surface area contributed by atoms with Gasteiger partial charge in [0.1, 0.15) is 11.9 Å². The second kappa shape index (κ2) is 9.22. The Hall–Kier alpha value is -2.42. The molecule has 2 saturated carbocycles. The van der Waals surface area contributed by atoms with E-state index in [1.54, 1.807) is 12.1 Å². The molecule has 3 aliphatic carbocycles. The number of phenolic OH excluding ortho intramolecular Hbond substituents is 1. The summed E-state index contributed by atoms with van der Waals surface area (Å²) in [5, 5.41) is 18.1. The second-order valence-corrected chi connectivity index (χ2v) is 12.3. The zero-order valence-corrected chi connectivity index (χ0v) is 20.9. The number of esters is 1. The summed E-state index contributed by atoms with van der Waals surface area (Å²) in [4.78, 5) is 12.7. The van der Waals surface area contributed by atoms with Crippen molar-refractivity contribution < 1.29 is 23.1 Å². The van der Waals surface area contributed by atoms with Crippen molar-refractivity contribution >= 4 is 16.0 Å². The molecule has 0 saturated heterocycles. The molecule has 5 unspecified atom stereocenters. The van der Waals surface area contributed by atoms with E-state index in [1.165, 1.54) is 23.3 Å². The van der Waals surface area contributed by atoms with Gasteiger partial charge >= 0.3 is 5.97 Å². The first-order chi connectivity index (χ1) is 16.6. The van der Waals surface area contributed by atoms with E-state index in [1.807, 2.05) is 12.1 Å². The van der Waals surface area contributed by atoms with Crippen molar-refractivity contribution in [1.29, 1.82) is 0 Å². The average molecular weight is 499 g/mol. The van der Waals surface area contributed by atoms with E-state index in [-0.39, 0.29) is 28.9 Å². The molecule has 0 heterocycles. The predicted molar refractivity (Wildman–Crippen MR) is 132 cm³/mol. The standard InChI is InChI=1S/C27H34N2O5S/c1-27-12-11-22-21-8-6-19(30)14-18(21)5-7-23(22)24(27)9-10-25(27)34-26(31)16-29-15-17-3-2-4-20(13-17)35(28,32)33/h2-4,6,8,13-14,22-25,29-30H,5,7,9-12,15-16H2,1H3,(H2,28,32,33). The van der Waals surface area contributed by atoms with E-state index >= 15 is 0 Å². The molecule has 2 aromatic carbocycles. The van der Waals surface area contributed by atoms with Gasteiger partial charge in [0.2, 0.25) is 10.0 Å². The van der Waals surface area contributed by atoms with Crippen LogP contribution in [0.1, 0.15) is 61.6 Å². The molecule has 0 radical (unpaired) electrons. The van der Waals surface area contributed by atoms with Gasteiger partial charge in [-0.05, 0) is 97.2 Å². The molecule has 5 atom stereocenters. The van der Waals surface area contributed by atoms with Gasteiger partial charge in [-0.3, -0.25) is 4.79 Å². The molecular formula is C27H34N2O5S. The topological polar surface area (TPSA) is 119 Å². The van der Waals surface area contributed by atoms with Crippen molar-refractivity contribution in [3.8, 4) is 5.75 Å². The van der Waals surface area contributed by atoms with Gasteiger partial charge < -0.3 is 15.2 Å². The summed E-state index contributed by atoms with van der Waals surface area (Å²) in [7, 11) is -3.76. The van der Waals surface area contributed by atoms with Crippen LogP contribution in [-0.4, -0.2) is 32.1 Å². The van der Waals surface area contributed by atoms with Gasteiger partial charge in [0.15, 0.2) is 0 Å². The first-order valence-corrected chi connectivity index (χ1v) is 14.0. The fraction of sp³-hybridized carbons (Fsp3) is 0.519. The summed E-state index contributed by atoms with van der Waals surface area (Å²) < 4.78 is 29.1. The Bertz CT molecular complexity index is 1230. The molecule has 2 fully saturated rings. The summed E-state index contributed by atoms with van der Waals surface area (Å²) in [6.45, 7) is 2.72. The number of nitrogens with two attached hydrogens (primary N) is 1. The van der Waals surface area contributed by atoms with E-state index in [9.17, 15) is 18.3 Å². The number of carbonyl (C=O) groups excluding carboxylic acids is 1. The molecular weight excluding hydrogens is 464 g/mol. The van der Waals surface area contributed by atoms with Crippen molar-refractivity contribution in [1.82, 2.24) is 5.32 Å². The van der Waals surface area contributed by atoms with Crippen molar-refractivity contribution in [2.75, 3.05) is 6.54 Å². The Morgan fingerprint density at radius 2 is 2.00 bits per heavy atom. The highest BCUT2D eigenvalue weighted by Gasteiger charge is 2.56. The Labute approximate surface area is 207 Å². The number of fused-ring (bicyclic) bond motifs is 5. The number of phenols is 1. The number of rotatable bonds is 6. The van der Waals surface area contributed by atoms with Crippen LogP contribution < -0.4 is 10.5 Å². The summed E-state index contributed by atoms with van der Waals surface area (Å²) in [6.07, 6.45) is 6.15. The molecule has 8 heteroatoms. The minimum atomic E-state index is -3.76. The van der Waals surface area contributed by atoms with Gasteiger partial charge in [-0.15, -0.1) is 0 Å². The highest BCUT2D eigenvalue weighted by atomic mass is 32.2. The molecule has 0 bridgehead atoms. The van der Waals surface area contributed by atoms with Crippen molar-refractivity contribution in [3.05, 3.63) is 59.2 Å². The summed E-state index contributed by atoms with van der Waals surface area (Å²) in [5.41, 5.74) is 3.42. The van der Waals surface area contributed by atoms with Gasteiger partial charge in [-0.25, -0.2) is 13.6 Å². The zero-order valence-electron chi connectivity index (χ0n) is 20.1. The van der Waals surface area contributed by atoms with Gasteiger partial charge in [0, 0.05) is 12.0 Å². The minimum Gasteiger partial charge on any atom is -0.508 e. The van der Waals surface area contributed by atoms with Crippen LogP contribution in [0.2, 0.25) is 0 Å². The normalized spacial score (nSPS) is 29.7. The number of primary sulfonamides is 1. The molecule has 4 N–H and O–H groups in total. The van der Waals surface area contributed by atoms with Crippen molar-refractivity contribution in [3.63, 3.8) is 0 Å². The van der Waals surface area contributed by atoms with E-state index in [0.717, 1.165) is 44.1 Å². The molecule has 0 spiro atoms. The lowest BCUT2D eigenvalue weighted by Gasteiger charge is -2.50. The van der Waals surface area contributed by atoms with E-state index < -0.39 is 10.0 Å². The van der Waals surface area contributed by atoms with Gasteiger partial charge in [-0.1, -0.05) is 25.1 Å². The highest BCUT2D eigenvalue weighted by Crippen LogP contribution is 2.61. The Morgan fingerprint density at radius 1 is 1.17 bits per heavy atom. The van der Waals surface area contributed by atoms with Crippen LogP contribution in [0.25, 0.3) is 0 Å². The Balaban J connectivity index is 1.18. The average Bonchev–Trinajstić information content (AvgIpc) is 3.14. The van der Waals surface area contributed by atoms with E-state index in [4.69, 9.17) is 9.88 Å². The number of aryl methyl sites for hydroxylation is 1. The molecule has 35 heavy (non-hydrogen) atoms. The third-order valence-corrected chi connectivity index (χ3v) is 9.63. The molecule has 7 nitrogen and oxygen atoms in total. The number of ether oxygens (including phenoxy) is 1. The molecule has 5 rings (SSSR count).